The summed E-state index contributed by atoms with van der Waals surface area (Å²) >= 11 is 6.02. The van der Waals surface area contributed by atoms with Crippen LogP contribution in [-0.2, 0) is 6.54 Å². The first kappa shape index (κ1) is 15.5. The summed E-state index contributed by atoms with van der Waals surface area (Å²) in [5.41, 5.74) is 3.92. The van der Waals surface area contributed by atoms with Gasteiger partial charge in [0.2, 0.25) is 0 Å². The van der Waals surface area contributed by atoms with E-state index >= 15 is 0 Å². The lowest BCUT2D eigenvalue weighted by atomic mass is 10.1. The predicted octanol–water partition coefficient (Wildman–Crippen LogP) is 3.54. The first-order valence-corrected chi connectivity index (χ1v) is 8.07. The Morgan fingerprint density at radius 1 is 1.08 bits per heavy atom. The van der Waals surface area contributed by atoms with Crippen molar-refractivity contribution >= 4 is 39.3 Å². The van der Waals surface area contributed by atoms with E-state index in [-0.39, 0.29) is 5.56 Å². The van der Waals surface area contributed by atoms with E-state index in [1.54, 1.807) is 18.2 Å². The normalized spacial score (nSPS) is 11.3. The minimum absolute atomic E-state index is 0.158. The van der Waals surface area contributed by atoms with Crippen LogP contribution in [0, 0.1) is 6.92 Å². The number of rotatable bonds is 3. The maximum absolute atomic E-state index is 12.2. The quantitative estimate of drug-likeness (QED) is 0.524. The van der Waals surface area contributed by atoms with Crippen LogP contribution in [0.4, 0.5) is 5.69 Å². The lowest BCUT2D eigenvalue weighted by molar-refractivity contribution is 0.553. The molecule has 6 nitrogen and oxygen atoms in total. The highest BCUT2D eigenvalue weighted by Gasteiger charge is 2.10. The van der Waals surface area contributed by atoms with E-state index in [1.165, 1.54) is 0 Å². The SMILES string of the molecule is Cc1c(NCc2cc3cc(Cl)ccc3[nH]c2=O)ccc2[nH]c(=O)oc12. The molecule has 2 aromatic heterocycles. The molecule has 0 aliphatic rings. The van der Waals surface area contributed by atoms with Crippen molar-refractivity contribution in [3.05, 3.63) is 73.5 Å². The molecule has 2 aromatic carbocycles. The minimum atomic E-state index is -0.488. The van der Waals surface area contributed by atoms with Crippen LogP contribution >= 0.6 is 11.6 Å². The van der Waals surface area contributed by atoms with Crippen molar-refractivity contribution in [2.24, 2.45) is 0 Å². The summed E-state index contributed by atoms with van der Waals surface area (Å²) in [6, 6.07) is 10.7. The Kier molecular flexibility index (Phi) is 3.62. The van der Waals surface area contributed by atoms with Crippen molar-refractivity contribution in [2.45, 2.75) is 13.5 Å². The average Bonchev–Trinajstić information content (AvgIpc) is 2.96. The molecule has 0 saturated heterocycles. The molecule has 7 heteroatoms. The number of anilines is 1. The second-order valence-electron chi connectivity index (χ2n) is 5.84. The Bertz CT molecular complexity index is 1220. The minimum Gasteiger partial charge on any atom is -0.407 e. The van der Waals surface area contributed by atoms with Crippen LogP contribution < -0.4 is 16.6 Å². The molecular formula is C18H14ClN3O3. The summed E-state index contributed by atoms with van der Waals surface area (Å²) in [6.45, 7) is 2.19. The van der Waals surface area contributed by atoms with E-state index in [4.69, 9.17) is 16.0 Å². The van der Waals surface area contributed by atoms with Crippen LogP contribution in [0.2, 0.25) is 5.02 Å². The highest BCUT2D eigenvalue weighted by atomic mass is 35.5. The highest BCUT2D eigenvalue weighted by molar-refractivity contribution is 6.31. The Morgan fingerprint density at radius 2 is 1.88 bits per heavy atom. The van der Waals surface area contributed by atoms with Crippen LogP contribution in [0.25, 0.3) is 22.0 Å². The number of oxazole rings is 1. The molecule has 0 spiro atoms. The van der Waals surface area contributed by atoms with Crippen LogP contribution in [0.3, 0.4) is 0 Å². The number of benzene rings is 2. The topological polar surface area (TPSA) is 90.9 Å². The van der Waals surface area contributed by atoms with E-state index in [2.05, 4.69) is 15.3 Å². The van der Waals surface area contributed by atoms with Gasteiger partial charge in [0.15, 0.2) is 5.58 Å². The van der Waals surface area contributed by atoms with Crippen molar-refractivity contribution in [1.82, 2.24) is 9.97 Å². The summed E-state index contributed by atoms with van der Waals surface area (Å²) in [4.78, 5) is 29.0. The number of H-pyrrole nitrogens is 2. The number of halogens is 1. The smallest absolute Gasteiger partial charge is 0.407 e. The summed E-state index contributed by atoms with van der Waals surface area (Å²) in [6.07, 6.45) is 0. The predicted molar refractivity (Wildman–Crippen MR) is 98.5 cm³/mol. The van der Waals surface area contributed by atoms with Crippen LogP contribution in [0.5, 0.6) is 0 Å². The highest BCUT2D eigenvalue weighted by Crippen LogP contribution is 2.24. The van der Waals surface area contributed by atoms with Gasteiger partial charge < -0.3 is 14.7 Å². The zero-order chi connectivity index (χ0) is 17.6. The van der Waals surface area contributed by atoms with Crippen molar-refractivity contribution in [1.29, 1.82) is 0 Å². The molecule has 0 bridgehead atoms. The molecule has 2 heterocycles. The van der Waals surface area contributed by atoms with Crippen molar-refractivity contribution in [2.75, 3.05) is 5.32 Å². The number of aromatic amines is 2. The van der Waals surface area contributed by atoms with Gasteiger partial charge in [-0.3, -0.25) is 9.78 Å². The lowest BCUT2D eigenvalue weighted by Gasteiger charge is -2.10. The molecule has 0 fully saturated rings. The fourth-order valence-electron chi connectivity index (χ4n) is 2.89. The molecular weight excluding hydrogens is 342 g/mol. The average molecular weight is 356 g/mol. The summed E-state index contributed by atoms with van der Waals surface area (Å²) < 4.78 is 5.15. The molecule has 0 amide bonds. The van der Waals surface area contributed by atoms with Gasteiger partial charge in [-0.05, 0) is 43.3 Å². The second-order valence-corrected chi connectivity index (χ2v) is 6.27. The molecule has 0 saturated carbocycles. The van der Waals surface area contributed by atoms with Gasteiger partial charge in [0.05, 0.1) is 5.52 Å². The zero-order valence-electron chi connectivity index (χ0n) is 13.3. The van der Waals surface area contributed by atoms with E-state index in [0.29, 0.717) is 28.2 Å². The maximum Gasteiger partial charge on any atom is 0.417 e. The first-order chi connectivity index (χ1) is 12.0. The Morgan fingerprint density at radius 3 is 2.72 bits per heavy atom. The largest absolute Gasteiger partial charge is 0.417 e. The van der Waals surface area contributed by atoms with E-state index < -0.39 is 5.76 Å². The van der Waals surface area contributed by atoms with Gasteiger partial charge in [-0.25, -0.2) is 4.79 Å². The number of pyridine rings is 1. The molecule has 0 aliphatic heterocycles. The lowest BCUT2D eigenvalue weighted by Crippen LogP contribution is -2.15. The molecule has 25 heavy (non-hydrogen) atoms. The monoisotopic (exact) mass is 355 g/mol. The summed E-state index contributed by atoms with van der Waals surface area (Å²) in [7, 11) is 0. The Labute approximate surface area is 146 Å². The maximum atomic E-state index is 12.2. The van der Waals surface area contributed by atoms with Crippen LogP contribution in [-0.4, -0.2) is 9.97 Å². The third kappa shape index (κ3) is 2.81. The molecule has 0 unspecified atom stereocenters. The first-order valence-electron chi connectivity index (χ1n) is 7.69. The van der Waals surface area contributed by atoms with Gasteiger partial charge in [0, 0.05) is 39.3 Å². The molecule has 4 aromatic rings. The standard InChI is InChI=1S/C18H14ClN3O3/c1-9-13(4-5-15-16(9)25-18(24)22-15)20-8-11-6-10-7-12(19)2-3-14(10)21-17(11)23/h2-7,20H,8H2,1H3,(H,21,23)(H,22,24). The number of nitrogens with one attached hydrogen (secondary N) is 3. The van der Waals surface area contributed by atoms with Crippen molar-refractivity contribution < 1.29 is 4.42 Å². The fourth-order valence-corrected chi connectivity index (χ4v) is 3.07. The number of hydrogen-bond donors (Lipinski definition) is 3. The molecule has 0 atom stereocenters. The Balaban J connectivity index is 1.68. The van der Waals surface area contributed by atoms with Crippen LogP contribution in [0.15, 0.2) is 50.4 Å². The van der Waals surface area contributed by atoms with E-state index in [1.807, 2.05) is 25.1 Å². The molecule has 0 aliphatic carbocycles. The molecule has 3 N–H and O–H groups in total. The Hall–Kier alpha value is -2.99. The van der Waals surface area contributed by atoms with Crippen LogP contribution in [0.1, 0.15) is 11.1 Å². The van der Waals surface area contributed by atoms with Gasteiger partial charge >= 0.3 is 5.76 Å². The van der Waals surface area contributed by atoms with Gasteiger partial charge in [-0.2, -0.15) is 0 Å². The van der Waals surface area contributed by atoms with Crippen molar-refractivity contribution in [3.63, 3.8) is 0 Å². The number of fused-ring (bicyclic) bond motifs is 2. The zero-order valence-corrected chi connectivity index (χ0v) is 14.0. The van der Waals surface area contributed by atoms with E-state index in [9.17, 15) is 9.59 Å². The molecule has 126 valence electrons. The third-order valence-corrected chi connectivity index (χ3v) is 4.42. The van der Waals surface area contributed by atoms with Crippen molar-refractivity contribution in [3.8, 4) is 0 Å². The van der Waals surface area contributed by atoms with Gasteiger partial charge in [-0.1, -0.05) is 11.6 Å². The van der Waals surface area contributed by atoms with Gasteiger partial charge in [-0.15, -0.1) is 0 Å². The molecule has 4 rings (SSSR count). The second kappa shape index (κ2) is 5.82. The number of hydrogen-bond acceptors (Lipinski definition) is 4. The number of aryl methyl sites for hydroxylation is 1. The van der Waals surface area contributed by atoms with Gasteiger partial charge in [0.25, 0.3) is 5.56 Å². The van der Waals surface area contributed by atoms with Gasteiger partial charge in [0.1, 0.15) is 0 Å². The third-order valence-electron chi connectivity index (χ3n) is 4.19. The summed E-state index contributed by atoms with van der Waals surface area (Å²) in [5.74, 6) is -0.488. The fraction of sp³-hybridized carbons (Fsp3) is 0.111. The number of aromatic nitrogens is 2. The molecule has 0 radical (unpaired) electrons. The summed E-state index contributed by atoms with van der Waals surface area (Å²) in [5, 5.41) is 4.70. The van der Waals surface area contributed by atoms with E-state index in [0.717, 1.165) is 22.2 Å².